The van der Waals surface area contributed by atoms with E-state index in [0.717, 1.165) is 21.5 Å². The van der Waals surface area contributed by atoms with Crippen LogP contribution in [-0.4, -0.2) is 5.78 Å². The summed E-state index contributed by atoms with van der Waals surface area (Å²) in [5.41, 5.74) is 8.98. The van der Waals surface area contributed by atoms with Gasteiger partial charge in [0, 0.05) is 10.4 Å². The third-order valence-corrected chi connectivity index (χ3v) is 4.13. The first kappa shape index (κ1) is 10.2. The van der Waals surface area contributed by atoms with Crippen LogP contribution in [-0.2, 0) is 0 Å². The Bertz CT molecular complexity index is 554. The van der Waals surface area contributed by atoms with Gasteiger partial charge in [0.1, 0.15) is 0 Å². The van der Waals surface area contributed by atoms with Gasteiger partial charge >= 0.3 is 0 Å². The van der Waals surface area contributed by atoms with Crippen LogP contribution in [0.1, 0.15) is 27.7 Å². The van der Waals surface area contributed by atoms with Crippen molar-refractivity contribution in [1.82, 2.24) is 0 Å². The van der Waals surface area contributed by atoms with Crippen LogP contribution in [0.15, 0.2) is 12.1 Å². The van der Waals surface area contributed by atoms with E-state index in [2.05, 4.69) is 6.92 Å². The number of carbonyl (C=O) groups is 1. The van der Waals surface area contributed by atoms with Crippen LogP contribution in [0.5, 0.6) is 0 Å². The molecule has 2 rings (SSSR count). The monoisotopic (exact) mass is 219 g/mol. The SMILES string of the molecule is CC(=O)c1cc2cc(N)c(C)c(C)c2s1. The summed E-state index contributed by atoms with van der Waals surface area (Å²) in [5.74, 6) is 0.117. The van der Waals surface area contributed by atoms with Gasteiger partial charge in [0.25, 0.3) is 0 Å². The summed E-state index contributed by atoms with van der Waals surface area (Å²) < 4.78 is 1.17. The van der Waals surface area contributed by atoms with Crippen molar-refractivity contribution in [2.75, 3.05) is 5.73 Å². The molecule has 0 aliphatic rings. The van der Waals surface area contributed by atoms with Crippen molar-refractivity contribution in [1.29, 1.82) is 0 Å². The number of nitrogens with two attached hydrogens (primary N) is 1. The third kappa shape index (κ3) is 1.53. The molecule has 0 unspecified atom stereocenters. The Morgan fingerprint density at radius 2 is 1.93 bits per heavy atom. The molecule has 0 fully saturated rings. The van der Waals surface area contributed by atoms with E-state index in [1.165, 1.54) is 10.3 Å². The van der Waals surface area contributed by atoms with E-state index in [1.807, 2.05) is 19.1 Å². The van der Waals surface area contributed by atoms with Crippen LogP contribution >= 0.6 is 11.3 Å². The van der Waals surface area contributed by atoms with Crippen LogP contribution in [0.3, 0.4) is 0 Å². The van der Waals surface area contributed by atoms with E-state index in [9.17, 15) is 4.79 Å². The Morgan fingerprint density at radius 1 is 1.27 bits per heavy atom. The number of thiophene rings is 1. The van der Waals surface area contributed by atoms with E-state index in [4.69, 9.17) is 5.73 Å². The van der Waals surface area contributed by atoms with E-state index in [0.29, 0.717) is 0 Å². The second kappa shape index (κ2) is 3.35. The van der Waals surface area contributed by atoms with Crippen molar-refractivity contribution in [3.8, 4) is 0 Å². The average Bonchev–Trinajstić information content (AvgIpc) is 2.58. The van der Waals surface area contributed by atoms with Crippen molar-refractivity contribution in [2.24, 2.45) is 0 Å². The Kier molecular flexibility index (Phi) is 2.27. The van der Waals surface area contributed by atoms with Gasteiger partial charge in [-0.1, -0.05) is 0 Å². The molecule has 0 aliphatic heterocycles. The van der Waals surface area contributed by atoms with Crippen LogP contribution < -0.4 is 5.73 Å². The van der Waals surface area contributed by atoms with Crippen LogP contribution in [0.4, 0.5) is 5.69 Å². The molecule has 0 spiro atoms. The van der Waals surface area contributed by atoms with Gasteiger partial charge in [-0.3, -0.25) is 4.79 Å². The molecule has 78 valence electrons. The molecule has 0 amide bonds. The molecule has 2 N–H and O–H groups in total. The highest BCUT2D eigenvalue weighted by Crippen LogP contribution is 2.33. The molecule has 3 heteroatoms. The van der Waals surface area contributed by atoms with Gasteiger partial charge in [0.15, 0.2) is 5.78 Å². The normalized spacial score (nSPS) is 10.9. The lowest BCUT2D eigenvalue weighted by Gasteiger charge is -2.04. The molecular formula is C12H13NOS. The fraction of sp³-hybridized carbons (Fsp3) is 0.250. The number of benzene rings is 1. The van der Waals surface area contributed by atoms with Gasteiger partial charge in [-0.2, -0.15) is 0 Å². The number of nitrogen functional groups attached to an aromatic ring is 1. The number of hydrogen-bond acceptors (Lipinski definition) is 3. The second-order valence-corrected chi connectivity index (χ2v) is 4.85. The maximum atomic E-state index is 11.3. The van der Waals surface area contributed by atoms with Gasteiger partial charge in [-0.25, -0.2) is 0 Å². The highest BCUT2D eigenvalue weighted by Gasteiger charge is 2.10. The highest BCUT2D eigenvalue weighted by atomic mass is 32.1. The van der Waals surface area contributed by atoms with Gasteiger partial charge in [0.05, 0.1) is 4.88 Å². The maximum Gasteiger partial charge on any atom is 0.169 e. The van der Waals surface area contributed by atoms with Crippen LogP contribution in [0.2, 0.25) is 0 Å². The van der Waals surface area contributed by atoms with E-state index in [1.54, 1.807) is 18.3 Å². The topological polar surface area (TPSA) is 43.1 Å². The molecule has 1 aromatic heterocycles. The van der Waals surface area contributed by atoms with Gasteiger partial charge in [-0.05, 0) is 49.4 Å². The second-order valence-electron chi connectivity index (χ2n) is 3.80. The third-order valence-electron chi connectivity index (χ3n) is 2.75. The zero-order valence-corrected chi connectivity index (χ0v) is 9.87. The summed E-state index contributed by atoms with van der Waals surface area (Å²) in [4.78, 5) is 12.1. The summed E-state index contributed by atoms with van der Waals surface area (Å²) in [6.45, 7) is 5.65. The number of anilines is 1. The molecule has 2 nitrogen and oxygen atoms in total. The predicted molar refractivity (Wildman–Crippen MR) is 65.7 cm³/mol. The van der Waals surface area contributed by atoms with E-state index >= 15 is 0 Å². The number of rotatable bonds is 1. The number of carbonyl (C=O) groups excluding carboxylic acids is 1. The lowest BCUT2D eigenvalue weighted by molar-refractivity contribution is 0.102. The first-order chi connectivity index (χ1) is 7.00. The van der Waals surface area contributed by atoms with Crippen molar-refractivity contribution >= 4 is 32.9 Å². The molecule has 1 aromatic carbocycles. The number of aryl methyl sites for hydroxylation is 1. The molecule has 0 saturated carbocycles. The summed E-state index contributed by atoms with van der Waals surface area (Å²) in [6, 6.07) is 3.87. The average molecular weight is 219 g/mol. The van der Waals surface area contributed by atoms with Gasteiger partial charge in [-0.15, -0.1) is 11.3 Å². The first-order valence-corrected chi connectivity index (χ1v) is 5.62. The number of Topliss-reactive ketones (excluding diaryl/α,β-unsaturated/α-hetero) is 1. The molecule has 1 heterocycles. The summed E-state index contributed by atoms with van der Waals surface area (Å²) in [6.07, 6.45) is 0. The molecule has 0 saturated heterocycles. The smallest absolute Gasteiger partial charge is 0.169 e. The Balaban J connectivity index is 2.82. The summed E-state index contributed by atoms with van der Waals surface area (Å²) in [7, 11) is 0. The Morgan fingerprint density at radius 3 is 2.53 bits per heavy atom. The van der Waals surface area contributed by atoms with Gasteiger partial charge < -0.3 is 5.73 Å². The molecule has 0 aliphatic carbocycles. The van der Waals surface area contributed by atoms with Crippen LogP contribution in [0, 0.1) is 13.8 Å². The molecule has 15 heavy (non-hydrogen) atoms. The van der Waals surface area contributed by atoms with Crippen molar-refractivity contribution in [3.63, 3.8) is 0 Å². The molecule has 2 aromatic rings. The zero-order chi connectivity index (χ0) is 11.2. The largest absolute Gasteiger partial charge is 0.398 e. The minimum absolute atomic E-state index is 0.117. The van der Waals surface area contributed by atoms with Crippen molar-refractivity contribution in [3.05, 3.63) is 28.1 Å². The Hall–Kier alpha value is -1.35. The van der Waals surface area contributed by atoms with E-state index < -0.39 is 0 Å². The zero-order valence-electron chi connectivity index (χ0n) is 9.05. The molecule has 0 radical (unpaired) electrons. The standard InChI is InChI=1S/C12H13NOS/c1-6-7(2)12-9(4-10(6)13)5-11(15-12)8(3)14/h4-5H,13H2,1-3H3. The summed E-state index contributed by atoms with van der Waals surface area (Å²) in [5, 5.41) is 1.07. The van der Waals surface area contributed by atoms with Crippen molar-refractivity contribution in [2.45, 2.75) is 20.8 Å². The highest BCUT2D eigenvalue weighted by molar-refractivity contribution is 7.21. The fourth-order valence-corrected chi connectivity index (χ4v) is 2.73. The summed E-state index contributed by atoms with van der Waals surface area (Å²) >= 11 is 1.55. The van der Waals surface area contributed by atoms with E-state index in [-0.39, 0.29) is 5.78 Å². The number of hydrogen-bond donors (Lipinski definition) is 1. The molecular weight excluding hydrogens is 206 g/mol. The van der Waals surface area contributed by atoms with Gasteiger partial charge in [0.2, 0.25) is 0 Å². The lowest BCUT2D eigenvalue weighted by Crippen LogP contribution is -1.91. The fourth-order valence-electron chi connectivity index (χ4n) is 1.64. The first-order valence-electron chi connectivity index (χ1n) is 4.81. The molecule has 0 atom stereocenters. The van der Waals surface area contributed by atoms with Crippen LogP contribution in [0.25, 0.3) is 10.1 Å². The van der Waals surface area contributed by atoms with Crippen molar-refractivity contribution < 1.29 is 4.79 Å². The number of fused-ring (bicyclic) bond motifs is 1. The molecule has 0 bridgehead atoms. The number of ketones is 1. The minimum Gasteiger partial charge on any atom is -0.398 e. The minimum atomic E-state index is 0.117. The Labute approximate surface area is 92.7 Å². The lowest BCUT2D eigenvalue weighted by atomic mass is 10.1. The maximum absolute atomic E-state index is 11.3. The predicted octanol–water partition coefficient (Wildman–Crippen LogP) is 3.30. The quantitative estimate of drug-likeness (QED) is 0.590.